The van der Waals surface area contributed by atoms with Crippen molar-refractivity contribution in [2.24, 2.45) is 7.05 Å². The van der Waals surface area contributed by atoms with E-state index in [0.717, 1.165) is 7.05 Å². The van der Waals surface area contributed by atoms with Crippen LogP contribution in [0.15, 0.2) is 0 Å². The standard InChI is InChI=1S/C7H6ClF3N2O3/c1-13-5(8)2(3(14)6(15)16)4(12-13)7(9,10)11/h3,14H,1H3,(H,15,16). The minimum Gasteiger partial charge on any atom is -0.479 e. The van der Waals surface area contributed by atoms with Crippen molar-refractivity contribution in [2.45, 2.75) is 12.3 Å². The van der Waals surface area contributed by atoms with Gasteiger partial charge < -0.3 is 10.2 Å². The fraction of sp³-hybridized carbons (Fsp3) is 0.429. The summed E-state index contributed by atoms with van der Waals surface area (Å²) < 4.78 is 37.9. The Labute approximate surface area is 92.0 Å². The molecule has 5 nitrogen and oxygen atoms in total. The lowest BCUT2D eigenvalue weighted by molar-refractivity contribution is -0.150. The van der Waals surface area contributed by atoms with Gasteiger partial charge in [-0.15, -0.1) is 0 Å². The van der Waals surface area contributed by atoms with E-state index >= 15 is 0 Å². The number of carboxylic acid groups (broad SMARTS) is 1. The number of aryl methyl sites for hydroxylation is 1. The number of halogens is 4. The van der Waals surface area contributed by atoms with E-state index in [1.165, 1.54) is 0 Å². The lowest BCUT2D eigenvalue weighted by Crippen LogP contribution is -2.16. The summed E-state index contributed by atoms with van der Waals surface area (Å²) in [5.41, 5.74) is -2.46. The van der Waals surface area contributed by atoms with Gasteiger partial charge in [0, 0.05) is 7.05 Å². The third-order valence-corrected chi connectivity index (χ3v) is 2.24. The number of aliphatic hydroxyl groups is 1. The minimum absolute atomic E-state index is 0.567. The van der Waals surface area contributed by atoms with E-state index < -0.39 is 34.7 Å². The van der Waals surface area contributed by atoms with Crippen LogP contribution in [0.4, 0.5) is 13.2 Å². The Morgan fingerprint density at radius 1 is 1.56 bits per heavy atom. The van der Waals surface area contributed by atoms with Crippen molar-refractivity contribution in [2.75, 3.05) is 0 Å². The van der Waals surface area contributed by atoms with Crippen molar-refractivity contribution in [3.05, 3.63) is 16.4 Å². The smallest absolute Gasteiger partial charge is 0.435 e. The zero-order chi connectivity index (χ0) is 12.7. The molecule has 1 aromatic rings. The molecule has 16 heavy (non-hydrogen) atoms. The molecule has 9 heteroatoms. The lowest BCUT2D eigenvalue weighted by Gasteiger charge is -2.08. The number of hydrogen-bond donors (Lipinski definition) is 2. The highest BCUT2D eigenvalue weighted by Crippen LogP contribution is 2.37. The maximum Gasteiger partial charge on any atom is 0.435 e. The molecule has 1 rings (SSSR count). The summed E-state index contributed by atoms with van der Waals surface area (Å²) in [6.45, 7) is 0. The van der Waals surface area contributed by atoms with Crippen molar-refractivity contribution < 1.29 is 28.2 Å². The number of hydrogen-bond acceptors (Lipinski definition) is 3. The topological polar surface area (TPSA) is 75.3 Å². The van der Waals surface area contributed by atoms with Crippen molar-refractivity contribution in [1.29, 1.82) is 0 Å². The van der Waals surface area contributed by atoms with Gasteiger partial charge in [0.05, 0.1) is 5.56 Å². The summed E-state index contributed by atoms with van der Waals surface area (Å²) in [4.78, 5) is 10.4. The van der Waals surface area contributed by atoms with E-state index in [2.05, 4.69) is 5.10 Å². The lowest BCUT2D eigenvalue weighted by atomic mass is 10.1. The highest BCUT2D eigenvalue weighted by Gasteiger charge is 2.42. The van der Waals surface area contributed by atoms with Crippen molar-refractivity contribution >= 4 is 17.6 Å². The molecular formula is C7H6ClF3N2O3. The van der Waals surface area contributed by atoms with Crippen LogP contribution in [0.5, 0.6) is 0 Å². The van der Waals surface area contributed by atoms with Gasteiger partial charge in [0.2, 0.25) is 0 Å². The van der Waals surface area contributed by atoms with Gasteiger partial charge in [-0.1, -0.05) is 11.6 Å². The summed E-state index contributed by atoms with van der Waals surface area (Å²) >= 11 is 5.44. The van der Waals surface area contributed by atoms with Gasteiger partial charge in [0.1, 0.15) is 5.15 Å². The number of aliphatic hydroxyl groups excluding tert-OH is 1. The Hall–Kier alpha value is -1.28. The predicted molar refractivity (Wildman–Crippen MR) is 45.8 cm³/mol. The second-order valence-corrected chi connectivity index (χ2v) is 3.27. The molecule has 0 aliphatic heterocycles. The zero-order valence-electron chi connectivity index (χ0n) is 7.79. The molecule has 0 aromatic carbocycles. The molecule has 1 unspecified atom stereocenters. The summed E-state index contributed by atoms with van der Waals surface area (Å²) in [7, 11) is 1.11. The second-order valence-electron chi connectivity index (χ2n) is 2.92. The molecule has 0 saturated carbocycles. The monoisotopic (exact) mass is 258 g/mol. The van der Waals surface area contributed by atoms with Crippen LogP contribution in [0.2, 0.25) is 5.15 Å². The molecule has 0 aliphatic carbocycles. The third-order valence-electron chi connectivity index (χ3n) is 1.79. The molecule has 90 valence electrons. The van der Waals surface area contributed by atoms with Crippen LogP contribution in [0.1, 0.15) is 17.4 Å². The van der Waals surface area contributed by atoms with Crippen LogP contribution in [0, 0.1) is 0 Å². The molecule has 0 spiro atoms. The Morgan fingerprint density at radius 2 is 2.06 bits per heavy atom. The summed E-state index contributed by atoms with van der Waals surface area (Å²) in [5.74, 6) is -1.83. The molecule has 0 aliphatic rings. The van der Waals surface area contributed by atoms with Gasteiger partial charge in [-0.05, 0) is 0 Å². The highest BCUT2D eigenvalue weighted by atomic mass is 35.5. The molecule has 0 saturated heterocycles. The van der Waals surface area contributed by atoms with Gasteiger partial charge in [-0.25, -0.2) is 4.79 Å². The van der Waals surface area contributed by atoms with Crippen LogP contribution in [-0.2, 0) is 18.0 Å². The van der Waals surface area contributed by atoms with Gasteiger partial charge in [-0.3, -0.25) is 4.68 Å². The largest absolute Gasteiger partial charge is 0.479 e. The molecule has 1 aromatic heterocycles. The van der Waals surface area contributed by atoms with E-state index in [9.17, 15) is 18.0 Å². The average Bonchev–Trinajstić information content (AvgIpc) is 2.42. The maximum absolute atomic E-state index is 12.4. The minimum atomic E-state index is -4.88. The fourth-order valence-corrected chi connectivity index (χ4v) is 1.33. The number of aromatic nitrogens is 2. The predicted octanol–water partition coefficient (Wildman–Crippen LogP) is 1.21. The molecule has 2 N–H and O–H groups in total. The molecular weight excluding hydrogens is 253 g/mol. The van der Waals surface area contributed by atoms with E-state index in [4.69, 9.17) is 21.8 Å². The van der Waals surface area contributed by atoms with Crippen molar-refractivity contribution in [3.8, 4) is 0 Å². The Morgan fingerprint density at radius 3 is 2.44 bits per heavy atom. The zero-order valence-corrected chi connectivity index (χ0v) is 8.54. The van der Waals surface area contributed by atoms with Gasteiger partial charge in [0.15, 0.2) is 11.8 Å². The number of nitrogens with zero attached hydrogens (tertiary/aromatic N) is 2. The van der Waals surface area contributed by atoms with E-state index in [1.807, 2.05) is 0 Å². The van der Waals surface area contributed by atoms with Gasteiger partial charge in [0.25, 0.3) is 0 Å². The van der Waals surface area contributed by atoms with Gasteiger partial charge >= 0.3 is 12.1 Å². The maximum atomic E-state index is 12.4. The number of aliphatic carboxylic acids is 1. The molecule has 1 heterocycles. The molecule has 0 radical (unpaired) electrons. The first-order chi connectivity index (χ1) is 7.16. The van der Waals surface area contributed by atoms with E-state index in [0.29, 0.717) is 4.68 Å². The van der Waals surface area contributed by atoms with Gasteiger partial charge in [-0.2, -0.15) is 18.3 Å². The SMILES string of the molecule is Cn1nc(C(F)(F)F)c(C(O)C(=O)O)c1Cl. The van der Waals surface area contributed by atoms with Crippen LogP contribution in [-0.4, -0.2) is 26.0 Å². The number of carboxylic acids is 1. The summed E-state index contributed by atoms with van der Waals surface area (Å²) in [6.07, 6.45) is -7.24. The van der Waals surface area contributed by atoms with Crippen LogP contribution < -0.4 is 0 Å². The average molecular weight is 259 g/mol. The summed E-state index contributed by atoms with van der Waals surface area (Å²) in [5, 5.41) is 20.0. The fourth-order valence-electron chi connectivity index (χ4n) is 1.09. The van der Waals surface area contributed by atoms with E-state index in [1.54, 1.807) is 0 Å². The third kappa shape index (κ3) is 2.12. The van der Waals surface area contributed by atoms with E-state index in [-0.39, 0.29) is 0 Å². The first-order valence-corrected chi connectivity index (χ1v) is 4.24. The number of carbonyl (C=O) groups is 1. The van der Waals surface area contributed by atoms with Crippen molar-refractivity contribution in [3.63, 3.8) is 0 Å². The molecule has 1 atom stereocenters. The van der Waals surface area contributed by atoms with Crippen molar-refractivity contribution in [1.82, 2.24) is 9.78 Å². The Kier molecular flexibility index (Phi) is 3.15. The quantitative estimate of drug-likeness (QED) is 0.836. The first-order valence-electron chi connectivity index (χ1n) is 3.86. The van der Waals surface area contributed by atoms with Crippen LogP contribution in [0.3, 0.4) is 0 Å². The molecule has 0 amide bonds. The Balaban J connectivity index is 3.41. The number of rotatable bonds is 2. The highest BCUT2D eigenvalue weighted by molar-refractivity contribution is 6.30. The first kappa shape index (κ1) is 12.8. The summed E-state index contributed by atoms with van der Waals surface area (Å²) in [6, 6.07) is 0. The Bertz CT molecular complexity index is 429. The normalized spacial score (nSPS) is 13.9. The molecule has 0 fully saturated rings. The molecule has 0 bridgehead atoms. The second kappa shape index (κ2) is 3.95. The van der Waals surface area contributed by atoms with Crippen LogP contribution in [0.25, 0.3) is 0 Å². The van der Waals surface area contributed by atoms with Crippen LogP contribution >= 0.6 is 11.6 Å². The number of alkyl halides is 3.